The van der Waals surface area contributed by atoms with E-state index in [1.807, 2.05) is 6.92 Å². The van der Waals surface area contributed by atoms with Gasteiger partial charge in [0.2, 0.25) is 0 Å². The molecular weight excluding hydrogens is 278 g/mol. The van der Waals surface area contributed by atoms with Gasteiger partial charge in [0, 0.05) is 0 Å². The van der Waals surface area contributed by atoms with E-state index in [0.29, 0.717) is 5.75 Å². The summed E-state index contributed by atoms with van der Waals surface area (Å²) in [5, 5.41) is 0. The molecule has 2 amide bonds. The molecular formula is C14H15NO6. The van der Waals surface area contributed by atoms with Crippen LogP contribution in [0.25, 0.3) is 0 Å². The lowest BCUT2D eigenvalue weighted by Crippen LogP contribution is -2.35. The number of esters is 1. The third-order valence-corrected chi connectivity index (χ3v) is 3.03. The number of imide groups is 1. The molecule has 0 bridgehead atoms. The maximum atomic E-state index is 11.9. The Kier molecular flexibility index (Phi) is 4.42. The molecule has 1 saturated heterocycles. The highest BCUT2D eigenvalue weighted by Gasteiger charge is 2.29. The number of methoxy groups -OCH3 is 1. The summed E-state index contributed by atoms with van der Waals surface area (Å²) < 4.78 is 14.6. The van der Waals surface area contributed by atoms with Crippen LogP contribution in [0.4, 0.5) is 4.79 Å². The third-order valence-electron chi connectivity index (χ3n) is 3.03. The molecule has 1 aromatic rings. The second kappa shape index (κ2) is 6.25. The van der Waals surface area contributed by atoms with Crippen LogP contribution in [0.3, 0.4) is 0 Å². The van der Waals surface area contributed by atoms with E-state index in [-0.39, 0.29) is 18.7 Å². The van der Waals surface area contributed by atoms with Crippen molar-refractivity contribution in [1.29, 1.82) is 0 Å². The predicted molar refractivity (Wildman–Crippen MR) is 71.1 cm³/mol. The van der Waals surface area contributed by atoms with Gasteiger partial charge in [-0.15, -0.1) is 0 Å². The fraction of sp³-hybridized carbons (Fsp3) is 0.357. The molecule has 1 fully saturated rings. The van der Waals surface area contributed by atoms with Crippen LogP contribution in [0, 0.1) is 6.92 Å². The first-order valence-corrected chi connectivity index (χ1v) is 6.32. The quantitative estimate of drug-likeness (QED) is 0.774. The van der Waals surface area contributed by atoms with Gasteiger partial charge in [-0.2, -0.15) is 0 Å². The maximum absolute atomic E-state index is 11.9. The summed E-state index contributed by atoms with van der Waals surface area (Å²) in [4.78, 5) is 35.6. The Morgan fingerprint density at radius 3 is 2.76 bits per heavy atom. The Bertz CT molecular complexity index is 583. The van der Waals surface area contributed by atoms with Crippen LogP contribution in [-0.4, -0.2) is 49.7 Å². The number of cyclic esters (lactones) is 1. The topological polar surface area (TPSA) is 82.1 Å². The minimum Gasteiger partial charge on any atom is -0.496 e. The van der Waals surface area contributed by atoms with Gasteiger partial charge in [0.05, 0.1) is 19.2 Å². The van der Waals surface area contributed by atoms with E-state index < -0.39 is 24.6 Å². The van der Waals surface area contributed by atoms with Crippen molar-refractivity contribution in [2.45, 2.75) is 6.92 Å². The molecule has 1 aliphatic rings. The highest BCUT2D eigenvalue weighted by molar-refractivity contribution is 5.96. The Morgan fingerprint density at radius 1 is 1.38 bits per heavy atom. The maximum Gasteiger partial charge on any atom is 0.416 e. The molecule has 1 heterocycles. The smallest absolute Gasteiger partial charge is 0.416 e. The molecule has 7 nitrogen and oxygen atoms in total. The Balaban J connectivity index is 1.95. The van der Waals surface area contributed by atoms with Crippen LogP contribution in [0.2, 0.25) is 0 Å². The average Bonchev–Trinajstić information content (AvgIpc) is 2.91. The zero-order chi connectivity index (χ0) is 15.4. The van der Waals surface area contributed by atoms with Gasteiger partial charge in [0.15, 0.2) is 6.61 Å². The lowest BCUT2D eigenvalue weighted by atomic mass is 10.1. The molecule has 0 atom stereocenters. The number of amides is 2. The van der Waals surface area contributed by atoms with Crippen molar-refractivity contribution in [2.24, 2.45) is 0 Å². The number of carbonyl (C=O) groups is 3. The minimum absolute atomic E-state index is 0.160. The van der Waals surface area contributed by atoms with Gasteiger partial charge in [-0.1, -0.05) is 6.07 Å². The van der Waals surface area contributed by atoms with E-state index in [0.717, 1.165) is 10.5 Å². The van der Waals surface area contributed by atoms with Crippen molar-refractivity contribution >= 4 is 18.0 Å². The molecule has 0 aliphatic carbocycles. The zero-order valence-electron chi connectivity index (χ0n) is 11.8. The Morgan fingerprint density at radius 2 is 2.14 bits per heavy atom. The highest BCUT2D eigenvalue weighted by Crippen LogP contribution is 2.19. The second-order valence-corrected chi connectivity index (χ2v) is 4.42. The fourth-order valence-electron chi connectivity index (χ4n) is 1.86. The van der Waals surface area contributed by atoms with Crippen molar-refractivity contribution in [3.63, 3.8) is 0 Å². The number of nitrogens with zero attached hydrogens (tertiary/aromatic N) is 1. The van der Waals surface area contributed by atoms with Gasteiger partial charge in [0.25, 0.3) is 5.91 Å². The summed E-state index contributed by atoms with van der Waals surface area (Å²) in [6.07, 6.45) is -0.715. The third kappa shape index (κ3) is 3.31. The average molecular weight is 293 g/mol. The summed E-state index contributed by atoms with van der Waals surface area (Å²) >= 11 is 0. The van der Waals surface area contributed by atoms with Crippen molar-refractivity contribution < 1.29 is 28.6 Å². The van der Waals surface area contributed by atoms with Gasteiger partial charge in [-0.3, -0.25) is 4.79 Å². The molecule has 0 aromatic heterocycles. The lowest BCUT2D eigenvalue weighted by molar-refractivity contribution is -0.131. The molecule has 1 aromatic carbocycles. The van der Waals surface area contributed by atoms with E-state index in [4.69, 9.17) is 9.47 Å². The standard InChI is InChI=1S/C14H15NO6/c1-9-3-4-10(7-11(9)19-2)13(17)21-8-12(16)15-5-6-20-14(15)18/h3-4,7H,5-6,8H2,1-2H3. The van der Waals surface area contributed by atoms with Gasteiger partial charge >= 0.3 is 12.1 Å². The Labute approximate surface area is 121 Å². The number of carbonyl (C=O) groups excluding carboxylic acids is 3. The molecule has 0 unspecified atom stereocenters. The minimum atomic E-state index is -0.715. The summed E-state index contributed by atoms with van der Waals surface area (Å²) in [5.74, 6) is -0.710. The Hall–Kier alpha value is -2.57. The fourth-order valence-corrected chi connectivity index (χ4v) is 1.86. The largest absolute Gasteiger partial charge is 0.496 e. The number of aryl methyl sites for hydroxylation is 1. The van der Waals surface area contributed by atoms with Crippen LogP contribution in [-0.2, 0) is 14.3 Å². The lowest BCUT2D eigenvalue weighted by Gasteiger charge is -2.11. The van der Waals surface area contributed by atoms with E-state index in [2.05, 4.69) is 4.74 Å². The second-order valence-electron chi connectivity index (χ2n) is 4.42. The molecule has 1 aliphatic heterocycles. The molecule has 7 heteroatoms. The number of rotatable bonds is 4. The predicted octanol–water partition coefficient (Wildman–Crippen LogP) is 1.14. The normalized spacial score (nSPS) is 13.8. The number of benzene rings is 1. The summed E-state index contributed by atoms with van der Waals surface area (Å²) in [6, 6.07) is 4.83. The molecule has 0 radical (unpaired) electrons. The molecule has 2 rings (SSSR count). The molecule has 21 heavy (non-hydrogen) atoms. The van der Waals surface area contributed by atoms with Crippen molar-refractivity contribution in [3.8, 4) is 5.75 Å². The molecule has 0 N–H and O–H groups in total. The number of hydrogen-bond acceptors (Lipinski definition) is 6. The summed E-state index contributed by atoms with van der Waals surface area (Å²) in [6.45, 7) is 1.67. The monoisotopic (exact) mass is 293 g/mol. The van der Waals surface area contributed by atoms with Crippen LogP contribution in [0.5, 0.6) is 5.75 Å². The number of hydrogen-bond donors (Lipinski definition) is 0. The molecule has 0 saturated carbocycles. The van der Waals surface area contributed by atoms with Crippen molar-refractivity contribution in [3.05, 3.63) is 29.3 Å². The van der Waals surface area contributed by atoms with E-state index >= 15 is 0 Å². The summed E-state index contributed by atoms with van der Waals surface area (Å²) in [7, 11) is 1.50. The first-order valence-electron chi connectivity index (χ1n) is 6.32. The van der Waals surface area contributed by atoms with E-state index in [9.17, 15) is 14.4 Å². The van der Waals surface area contributed by atoms with Crippen molar-refractivity contribution in [2.75, 3.05) is 26.9 Å². The van der Waals surface area contributed by atoms with Crippen LogP contribution >= 0.6 is 0 Å². The van der Waals surface area contributed by atoms with E-state index in [1.165, 1.54) is 13.2 Å². The SMILES string of the molecule is COc1cc(C(=O)OCC(=O)N2CCOC2=O)ccc1C. The van der Waals surface area contributed by atoms with Crippen LogP contribution < -0.4 is 4.74 Å². The summed E-state index contributed by atoms with van der Waals surface area (Å²) in [5.41, 5.74) is 1.15. The first-order chi connectivity index (χ1) is 10.0. The molecule has 112 valence electrons. The van der Waals surface area contributed by atoms with Gasteiger partial charge in [-0.05, 0) is 24.6 Å². The van der Waals surface area contributed by atoms with Crippen molar-refractivity contribution in [1.82, 2.24) is 4.90 Å². The van der Waals surface area contributed by atoms with Gasteiger partial charge in [-0.25, -0.2) is 14.5 Å². The van der Waals surface area contributed by atoms with Gasteiger partial charge < -0.3 is 14.2 Å². The number of ether oxygens (including phenoxy) is 3. The first kappa shape index (κ1) is 14.8. The van der Waals surface area contributed by atoms with Crippen LogP contribution in [0.1, 0.15) is 15.9 Å². The molecule has 0 spiro atoms. The van der Waals surface area contributed by atoms with E-state index in [1.54, 1.807) is 12.1 Å². The highest BCUT2D eigenvalue weighted by atomic mass is 16.6. The van der Waals surface area contributed by atoms with Gasteiger partial charge in [0.1, 0.15) is 12.4 Å². The zero-order valence-corrected chi connectivity index (χ0v) is 11.8. The van der Waals surface area contributed by atoms with Crippen LogP contribution in [0.15, 0.2) is 18.2 Å².